The van der Waals surface area contributed by atoms with Gasteiger partial charge in [0.1, 0.15) is 0 Å². The maximum Gasteiger partial charge on any atom is 0.222 e. The normalized spacial score (nSPS) is 10.7. The lowest BCUT2D eigenvalue weighted by atomic mass is 10.1. The van der Waals surface area contributed by atoms with Crippen molar-refractivity contribution in [1.29, 1.82) is 0 Å². The molecule has 1 aromatic heterocycles. The quantitative estimate of drug-likeness (QED) is 0.733. The van der Waals surface area contributed by atoms with Crippen LogP contribution < -0.4 is 11.1 Å². The summed E-state index contributed by atoms with van der Waals surface area (Å²) in [5, 5.41) is 2.90. The first-order valence-electron chi connectivity index (χ1n) is 5.11. The SMILES string of the molecule is CC(C)CCCNc1nc(N)ncc1F. The van der Waals surface area contributed by atoms with Gasteiger partial charge in [0, 0.05) is 6.54 Å². The van der Waals surface area contributed by atoms with Crippen LogP contribution in [0.4, 0.5) is 16.2 Å². The summed E-state index contributed by atoms with van der Waals surface area (Å²) < 4.78 is 13.1. The number of nitrogens with zero attached hydrogens (tertiary/aromatic N) is 2. The zero-order valence-electron chi connectivity index (χ0n) is 9.13. The number of nitrogens with two attached hydrogens (primary N) is 1. The first kappa shape index (κ1) is 11.7. The van der Waals surface area contributed by atoms with Crippen LogP contribution in [0.1, 0.15) is 26.7 Å². The predicted molar refractivity (Wildman–Crippen MR) is 59.0 cm³/mol. The van der Waals surface area contributed by atoms with Gasteiger partial charge in [0.25, 0.3) is 0 Å². The number of anilines is 2. The van der Waals surface area contributed by atoms with Crippen LogP contribution in [0.25, 0.3) is 0 Å². The van der Waals surface area contributed by atoms with Crippen molar-refractivity contribution in [2.24, 2.45) is 5.92 Å². The van der Waals surface area contributed by atoms with Gasteiger partial charge in [0.05, 0.1) is 6.20 Å². The minimum absolute atomic E-state index is 0.0859. The third-order valence-electron chi connectivity index (χ3n) is 2.01. The van der Waals surface area contributed by atoms with Gasteiger partial charge < -0.3 is 11.1 Å². The van der Waals surface area contributed by atoms with Gasteiger partial charge >= 0.3 is 0 Å². The van der Waals surface area contributed by atoms with E-state index in [9.17, 15) is 4.39 Å². The van der Waals surface area contributed by atoms with Crippen LogP contribution in [-0.4, -0.2) is 16.5 Å². The van der Waals surface area contributed by atoms with E-state index in [1.807, 2.05) is 0 Å². The fraction of sp³-hybridized carbons (Fsp3) is 0.600. The van der Waals surface area contributed by atoms with Gasteiger partial charge in [-0.3, -0.25) is 0 Å². The highest BCUT2D eigenvalue weighted by molar-refractivity contribution is 5.38. The van der Waals surface area contributed by atoms with Gasteiger partial charge in [-0.15, -0.1) is 0 Å². The fourth-order valence-electron chi connectivity index (χ4n) is 1.22. The molecule has 0 bridgehead atoms. The van der Waals surface area contributed by atoms with E-state index in [0.29, 0.717) is 12.5 Å². The van der Waals surface area contributed by atoms with E-state index in [4.69, 9.17) is 5.73 Å². The molecule has 1 rings (SSSR count). The summed E-state index contributed by atoms with van der Waals surface area (Å²) in [6, 6.07) is 0. The second-order valence-electron chi connectivity index (χ2n) is 3.89. The second kappa shape index (κ2) is 5.48. The van der Waals surface area contributed by atoms with Gasteiger partial charge in [0.15, 0.2) is 11.6 Å². The summed E-state index contributed by atoms with van der Waals surface area (Å²) in [5.74, 6) is 0.467. The molecule has 0 radical (unpaired) electrons. The smallest absolute Gasteiger partial charge is 0.222 e. The lowest BCUT2D eigenvalue weighted by Crippen LogP contribution is -2.08. The first-order chi connectivity index (χ1) is 7.09. The van der Waals surface area contributed by atoms with Gasteiger partial charge in [-0.05, 0) is 18.8 Å². The zero-order valence-corrected chi connectivity index (χ0v) is 9.13. The Morgan fingerprint density at radius 2 is 2.27 bits per heavy atom. The Balaban J connectivity index is 2.40. The second-order valence-corrected chi connectivity index (χ2v) is 3.89. The van der Waals surface area contributed by atoms with Crippen molar-refractivity contribution >= 4 is 11.8 Å². The summed E-state index contributed by atoms with van der Waals surface area (Å²) in [7, 11) is 0. The number of nitrogens with one attached hydrogen (secondary N) is 1. The molecule has 1 aromatic rings. The molecule has 0 saturated carbocycles. The molecular formula is C10H17FN4. The van der Waals surface area contributed by atoms with E-state index < -0.39 is 5.82 Å². The molecule has 15 heavy (non-hydrogen) atoms. The largest absolute Gasteiger partial charge is 0.368 e. The highest BCUT2D eigenvalue weighted by Crippen LogP contribution is 2.10. The summed E-state index contributed by atoms with van der Waals surface area (Å²) in [4.78, 5) is 7.32. The average molecular weight is 212 g/mol. The lowest BCUT2D eigenvalue weighted by Gasteiger charge is -2.07. The van der Waals surface area contributed by atoms with Crippen LogP contribution in [-0.2, 0) is 0 Å². The highest BCUT2D eigenvalue weighted by Gasteiger charge is 2.04. The maximum atomic E-state index is 13.1. The first-order valence-corrected chi connectivity index (χ1v) is 5.11. The van der Waals surface area contributed by atoms with Gasteiger partial charge in [-0.1, -0.05) is 13.8 Å². The zero-order chi connectivity index (χ0) is 11.3. The minimum Gasteiger partial charge on any atom is -0.368 e. The monoisotopic (exact) mass is 212 g/mol. The van der Waals surface area contributed by atoms with E-state index >= 15 is 0 Å². The summed E-state index contributed by atoms with van der Waals surface area (Å²) >= 11 is 0. The molecule has 3 N–H and O–H groups in total. The molecule has 0 spiro atoms. The van der Waals surface area contributed by atoms with Crippen LogP contribution in [0.15, 0.2) is 6.20 Å². The van der Waals surface area contributed by atoms with Crippen molar-refractivity contribution in [3.63, 3.8) is 0 Å². The third kappa shape index (κ3) is 4.10. The topological polar surface area (TPSA) is 63.8 Å². The van der Waals surface area contributed by atoms with E-state index in [-0.39, 0.29) is 11.8 Å². The summed E-state index contributed by atoms with van der Waals surface area (Å²) in [6.07, 6.45) is 3.17. The molecule has 4 nitrogen and oxygen atoms in total. The maximum absolute atomic E-state index is 13.1. The molecule has 0 amide bonds. The van der Waals surface area contributed by atoms with Crippen molar-refractivity contribution in [2.45, 2.75) is 26.7 Å². The van der Waals surface area contributed by atoms with Crippen LogP contribution >= 0.6 is 0 Å². The highest BCUT2D eigenvalue weighted by atomic mass is 19.1. The number of hydrogen-bond acceptors (Lipinski definition) is 4. The molecule has 0 aliphatic carbocycles. The van der Waals surface area contributed by atoms with E-state index in [2.05, 4.69) is 29.1 Å². The van der Waals surface area contributed by atoms with Gasteiger partial charge in [-0.25, -0.2) is 9.37 Å². The Morgan fingerprint density at radius 1 is 1.53 bits per heavy atom. The molecule has 0 fully saturated rings. The van der Waals surface area contributed by atoms with E-state index in [1.165, 1.54) is 0 Å². The molecule has 0 unspecified atom stereocenters. The number of hydrogen-bond donors (Lipinski definition) is 2. The van der Waals surface area contributed by atoms with E-state index in [1.54, 1.807) is 0 Å². The molecule has 0 aromatic carbocycles. The van der Waals surface area contributed by atoms with Crippen LogP contribution in [0, 0.1) is 11.7 Å². The molecule has 84 valence electrons. The van der Waals surface area contributed by atoms with Gasteiger partial charge in [0.2, 0.25) is 5.95 Å². The molecule has 0 aliphatic heterocycles. The van der Waals surface area contributed by atoms with Crippen LogP contribution in [0.5, 0.6) is 0 Å². The molecule has 0 atom stereocenters. The molecule has 1 heterocycles. The number of rotatable bonds is 5. The fourth-order valence-corrected chi connectivity index (χ4v) is 1.22. The van der Waals surface area contributed by atoms with Crippen molar-refractivity contribution in [2.75, 3.05) is 17.6 Å². The van der Waals surface area contributed by atoms with Crippen LogP contribution in [0.2, 0.25) is 0 Å². The molecule has 0 aliphatic rings. The Bertz CT molecular complexity index is 314. The number of nitrogen functional groups attached to an aromatic ring is 1. The van der Waals surface area contributed by atoms with Crippen LogP contribution in [0.3, 0.4) is 0 Å². The Labute approximate surface area is 89.1 Å². The minimum atomic E-state index is -0.464. The van der Waals surface area contributed by atoms with E-state index in [0.717, 1.165) is 19.0 Å². The Hall–Kier alpha value is -1.39. The molecule has 5 heteroatoms. The van der Waals surface area contributed by atoms with Gasteiger partial charge in [-0.2, -0.15) is 4.98 Å². The predicted octanol–water partition coefficient (Wildman–Crippen LogP) is 2.05. The molecular weight excluding hydrogens is 195 g/mol. The Morgan fingerprint density at radius 3 is 2.93 bits per heavy atom. The Kier molecular flexibility index (Phi) is 4.27. The van der Waals surface area contributed by atoms with Crippen molar-refractivity contribution in [1.82, 2.24) is 9.97 Å². The third-order valence-corrected chi connectivity index (χ3v) is 2.01. The summed E-state index contributed by atoms with van der Waals surface area (Å²) in [5.41, 5.74) is 5.35. The number of halogens is 1. The van der Waals surface area contributed by atoms with Crippen molar-refractivity contribution < 1.29 is 4.39 Å². The standard InChI is InChI=1S/C10H17FN4/c1-7(2)4-3-5-13-9-8(11)6-14-10(12)15-9/h6-7H,3-5H2,1-2H3,(H3,12,13,14,15). The average Bonchev–Trinajstić information content (AvgIpc) is 2.17. The van der Waals surface area contributed by atoms with Crippen molar-refractivity contribution in [3.05, 3.63) is 12.0 Å². The summed E-state index contributed by atoms with van der Waals surface area (Å²) in [6.45, 7) is 5.01. The molecule has 0 saturated heterocycles. The lowest BCUT2D eigenvalue weighted by molar-refractivity contribution is 0.564. The van der Waals surface area contributed by atoms with Crippen molar-refractivity contribution in [3.8, 4) is 0 Å². The number of aromatic nitrogens is 2.